The topological polar surface area (TPSA) is 38.3 Å². The fraction of sp³-hybridized carbons (Fsp3) is 0.188. The first-order chi connectivity index (χ1) is 9.65. The molecule has 1 N–H and O–H groups in total. The Morgan fingerprint density at radius 1 is 1.20 bits per heavy atom. The maximum Gasteiger partial charge on any atom is 0.261 e. The van der Waals surface area contributed by atoms with Crippen LogP contribution in [0, 0.1) is 0 Å². The van der Waals surface area contributed by atoms with Gasteiger partial charge in [-0.15, -0.1) is 0 Å². The summed E-state index contributed by atoms with van der Waals surface area (Å²) in [5.41, 5.74) is 0.956. The van der Waals surface area contributed by atoms with Crippen molar-refractivity contribution in [2.45, 2.75) is 19.6 Å². The summed E-state index contributed by atoms with van der Waals surface area (Å²) in [6.45, 7) is 2.15. The van der Waals surface area contributed by atoms with Crippen LogP contribution in [0.3, 0.4) is 0 Å². The van der Waals surface area contributed by atoms with E-state index < -0.39 is 6.10 Å². The number of benzene rings is 2. The van der Waals surface area contributed by atoms with E-state index in [2.05, 4.69) is 5.32 Å². The number of amides is 1. The molecular weight excluding hydrogens is 274 g/mol. The molecule has 3 nitrogen and oxygen atoms in total. The fourth-order valence-electron chi connectivity index (χ4n) is 1.74. The molecule has 0 saturated carbocycles. The Morgan fingerprint density at radius 3 is 2.65 bits per heavy atom. The number of nitrogens with one attached hydrogen (secondary N) is 1. The number of rotatable bonds is 5. The van der Waals surface area contributed by atoms with Crippen molar-refractivity contribution in [3.63, 3.8) is 0 Å². The first-order valence-electron chi connectivity index (χ1n) is 6.39. The summed E-state index contributed by atoms with van der Waals surface area (Å²) in [5, 5.41) is 3.48. The quantitative estimate of drug-likeness (QED) is 0.916. The molecule has 0 saturated heterocycles. The zero-order valence-corrected chi connectivity index (χ0v) is 11.9. The normalized spacial score (nSPS) is 11.7. The molecule has 2 aromatic carbocycles. The molecule has 0 radical (unpaired) electrons. The van der Waals surface area contributed by atoms with Crippen LogP contribution in [0.5, 0.6) is 5.75 Å². The fourth-order valence-corrected chi connectivity index (χ4v) is 1.95. The van der Waals surface area contributed by atoms with Crippen molar-refractivity contribution in [2.24, 2.45) is 0 Å². The van der Waals surface area contributed by atoms with E-state index in [0.29, 0.717) is 17.3 Å². The van der Waals surface area contributed by atoms with Gasteiger partial charge in [0.1, 0.15) is 5.75 Å². The van der Waals surface area contributed by atoms with E-state index in [1.807, 2.05) is 48.5 Å². The standard InChI is InChI=1S/C16H16ClNO2/c1-12(20-15-8-3-2-4-9-15)16(19)18-11-13-6-5-7-14(17)10-13/h2-10,12H,11H2,1H3,(H,18,19)/t12-/m1/s1. The van der Waals surface area contributed by atoms with Crippen LogP contribution in [0.25, 0.3) is 0 Å². The average molecular weight is 290 g/mol. The molecule has 0 aliphatic rings. The van der Waals surface area contributed by atoms with Gasteiger partial charge in [-0.25, -0.2) is 0 Å². The van der Waals surface area contributed by atoms with E-state index in [0.717, 1.165) is 5.56 Å². The Hall–Kier alpha value is -2.00. The molecule has 0 fully saturated rings. The van der Waals surface area contributed by atoms with Gasteiger partial charge in [0.2, 0.25) is 0 Å². The summed E-state index contributed by atoms with van der Waals surface area (Å²) >= 11 is 5.89. The first kappa shape index (κ1) is 14.4. The predicted octanol–water partition coefficient (Wildman–Crippen LogP) is 3.42. The minimum atomic E-state index is -0.545. The van der Waals surface area contributed by atoms with Gasteiger partial charge in [-0.1, -0.05) is 41.9 Å². The lowest BCUT2D eigenvalue weighted by Gasteiger charge is -2.14. The molecule has 0 aliphatic carbocycles. The first-order valence-corrected chi connectivity index (χ1v) is 6.77. The van der Waals surface area contributed by atoms with Gasteiger partial charge < -0.3 is 10.1 Å². The molecule has 1 amide bonds. The zero-order valence-electron chi connectivity index (χ0n) is 11.2. The SMILES string of the molecule is C[C@@H](Oc1ccccc1)C(=O)NCc1cccc(Cl)c1. The van der Waals surface area contributed by atoms with Crippen LogP contribution in [0.1, 0.15) is 12.5 Å². The van der Waals surface area contributed by atoms with E-state index in [1.54, 1.807) is 13.0 Å². The Morgan fingerprint density at radius 2 is 1.95 bits per heavy atom. The van der Waals surface area contributed by atoms with Gasteiger partial charge in [-0.05, 0) is 36.8 Å². The number of hydrogen-bond acceptors (Lipinski definition) is 2. The smallest absolute Gasteiger partial charge is 0.261 e. The van der Waals surface area contributed by atoms with Crippen LogP contribution in [0.4, 0.5) is 0 Å². The summed E-state index contributed by atoms with van der Waals surface area (Å²) < 4.78 is 5.55. The molecule has 1 atom stereocenters. The summed E-state index contributed by atoms with van der Waals surface area (Å²) in [4.78, 5) is 11.9. The van der Waals surface area contributed by atoms with Crippen molar-refractivity contribution in [3.05, 3.63) is 65.2 Å². The second-order valence-corrected chi connectivity index (χ2v) is 4.86. The van der Waals surface area contributed by atoms with Crippen molar-refractivity contribution < 1.29 is 9.53 Å². The number of hydrogen-bond donors (Lipinski definition) is 1. The van der Waals surface area contributed by atoms with Crippen molar-refractivity contribution in [1.82, 2.24) is 5.32 Å². The van der Waals surface area contributed by atoms with Gasteiger partial charge in [-0.2, -0.15) is 0 Å². The Kier molecular flexibility index (Phi) is 5.02. The van der Waals surface area contributed by atoms with Gasteiger partial charge in [0.25, 0.3) is 5.91 Å². The molecule has 20 heavy (non-hydrogen) atoms. The van der Waals surface area contributed by atoms with Crippen LogP contribution in [-0.4, -0.2) is 12.0 Å². The number of halogens is 1. The molecule has 104 valence electrons. The highest BCUT2D eigenvalue weighted by Crippen LogP contribution is 2.12. The van der Waals surface area contributed by atoms with Crippen LogP contribution in [0.2, 0.25) is 5.02 Å². The van der Waals surface area contributed by atoms with E-state index in [-0.39, 0.29) is 5.91 Å². The lowest BCUT2D eigenvalue weighted by atomic mass is 10.2. The minimum Gasteiger partial charge on any atom is -0.481 e. The highest BCUT2D eigenvalue weighted by atomic mass is 35.5. The minimum absolute atomic E-state index is 0.158. The summed E-state index contributed by atoms with van der Waals surface area (Å²) in [5.74, 6) is 0.520. The Bertz CT molecular complexity index is 572. The third kappa shape index (κ3) is 4.28. The molecule has 0 unspecified atom stereocenters. The maximum absolute atomic E-state index is 11.9. The van der Waals surface area contributed by atoms with E-state index in [4.69, 9.17) is 16.3 Å². The Labute approximate surface area is 123 Å². The largest absolute Gasteiger partial charge is 0.481 e. The molecule has 0 spiro atoms. The second kappa shape index (κ2) is 6.96. The number of para-hydroxylation sites is 1. The molecule has 2 rings (SSSR count). The molecule has 2 aromatic rings. The highest BCUT2D eigenvalue weighted by Gasteiger charge is 2.13. The monoisotopic (exact) mass is 289 g/mol. The zero-order chi connectivity index (χ0) is 14.4. The molecule has 0 bridgehead atoms. The van der Waals surface area contributed by atoms with Gasteiger partial charge in [0.15, 0.2) is 6.10 Å². The van der Waals surface area contributed by atoms with E-state index >= 15 is 0 Å². The highest BCUT2D eigenvalue weighted by molar-refractivity contribution is 6.30. The second-order valence-electron chi connectivity index (χ2n) is 4.42. The molecule has 0 heterocycles. The average Bonchev–Trinajstić information content (AvgIpc) is 2.46. The predicted molar refractivity (Wildman–Crippen MR) is 79.8 cm³/mol. The van der Waals surface area contributed by atoms with Gasteiger partial charge in [0, 0.05) is 11.6 Å². The van der Waals surface area contributed by atoms with Crippen molar-refractivity contribution in [2.75, 3.05) is 0 Å². The van der Waals surface area contributed by atoms with Crippen LogP contribution < -0.4 is 10.1 Å². The van der Waals surface area contributed by atoms with Crippen LogP contribution >= 0.6 is 11.6 Å². The van der Waals surface area contributed by atoms with Crippen LogP contribution in [0.15, 0.2) is 54.6 Å². The van der Waals surface area contributed by atoms with Gasteiger partial charge >= 0.3 is 0 Å². The van der Waals surface area contributed by atoms with Crippen molar-refractivity contribution in [3.8, 4) is 5.75 Å². The number of carbonyl (C=O) groups is 1. The summed E-state index contributed by atoms with van der Waals surface area (Å²) in [7, 11) is 0. The number of carbonyl (C=O) groups excluding carboxylic acids is 1. The van der Waals surface area contributed by atoms with Crippen LogP contribution in [-0.2, 0) is 11.3 Å². The third-order valence-electron chi connectivity index (χ3n) is 2.78. The van der Waals surface area contributed by atoms with Gasteiger partial charge in [0.05, 0.1) is 0 Å². The summed E-state index contributed by atoms with van der Waals surface area (Å²) in [6.07, 6.45) is -0.545. The molecular formula is C16H16ClNO2. The molecule has 4 heteroatoms. The third-order valence-corrected chi connectivity index (χ3v) is 3.02. The maximum atomic E-state index is 11.9. The lowest BCUT2D eigenvalue weighted by molar-refractivity contribution is -0.127. The van der Waals surface area contributed by atoms with Gasteiger partial charge in [-0.3, -0.25) is 4.79 Å². The lowest BCUT2D eigenvalue weighted by Crippen LogP contribution is -2.35. The molecule has 0 aromatic heterocycles. The summed E-state index contributed by atoms with van der Waals surface area (Å²) in [6, 6.07) is 16.7. The van der Waals surface area contributed by atoms with Crippen molar-refractivity contribution in [1.29, 1.82) is 0 Å². The van der Waals surface area contributed by atoms with E-state index in [1.165, 1.54) is 0 Å². The van der Waals surface area contributed by atoms with E-state index in [9.17, 15) is 4.79 Å². The Balaban J connectivity index is 1.85. The molecule has 0 aliphatic heterocycles. The number of ether oxygens (including phenoxy) is 1. The van der Waals surface area contributed by atoms with Crippen molar-refractivity contribution >= 4 is 17.5 Å².